The summed E-state index contributed by atoms with van der Waals surface area (Å²) < 4.78 is 9.38. The Morgan fingerprint density at radius 2 is 1.29 bits per heavy atom. The van der Waals surface area contributed by atoms with E-state index in [1.54, 1.807) is 0 Å². The average Bonchev–Trinajstić information content (AvgIpc) is 3.82. The Bertz CT molecular complexity index is 2150. The van der Waals surface area contributed by atoms with E-state index in [0.29, 0.717) is 36.1 Å². The molecule has 2 aromatic heterocycles. The predicted octanol–water partition coefficient (Wildman–Crippen LogP) is 8.65. The van der Waals surface area contributed by atoms with E-state index >= 15 is 0 Å². The maximum atomic E-state index is 13.1. The van der Waals surface area contributed by atoms with E-state index in [1.165, 1.54) is 0 Å². The van der Waals surface area contributed by atoms with Crippen LogP contribution in [0.5, 0.6) is 0 Å². The number of esters is 1. The Hall–Kier alpha value is -5.80. The minimum atomic E-state index is -0.872. The maximum absolute atomic E-state index is 13.1. The number of rotatable bonds is 13. The molecule has 0 aliphatic carbocycles. The van der Waals surface area contributed by atoms with Crippen LogP contribution in [0.3, 0.4) is 0 Å². The fourth-order valence-electron chi connectivity index (χ4n) is 7.06. The summed E-state index contributed by atoms with van der Waals surface area (Å²) >= 11 is 4.47. The third-order valence-corrected chi connectivity index (χ3v) is 9.65. The van der Waals surface area contributed by atoms with Crippen LogP contribution in [0.25, 0.3) is 22.5 Å². The second-order valence-corrected chi connectivity index (χ2v) is 12.8. The average molecular weight is 705 g/mol. The van der Waals surface area contributed by atoms with Crippen molar-refractivity contribution >= 4 is 18.6 Å². The van der Waals surface area contributed by atoms with Crippen LogP contribution >= 0.6 is 12.6 Å². The Balaban J connectivity index is 1.33. The summed E-state index contributed by atoms with van der Waals surface area (Å²) in [5.41, 5.74) is 7.29. The maximum Gasteiger partial charge on any atom is 0.356 e. The second kappa shape index (κ2) is 15.6. The molecule has 7 aromatic rings. The third-order valence-electron chi connectivity index (χ3n) is 9.35. The van der Waals surface area contributed by atoms with Gasteiger partial charge in [-0.1, -0.05) is 146 Å². The first-order chi connectivity index (χ1) is 25.6. The molecule has 0 bridgehead atoms. The highest BCUT2D eigenvalue weighted by atomic mass is 32.1. The van der Waals surface area contributed by atoms with Gasteiger partial charge in [-0.15, -0.1) is 5.10 Å². The molecule has 0 amide bonds. The molecule has 0 saturated carbocycles. The van der Waals surface area contributed by atoms with Gasteiger partial charge in [0.05, 0.1) is 12.3 Å². The van der Waals surface area contributed by atoms with Gasteiger partial charge in [0.25, 0.3) is 0 Å². The smallest absolute Gasteiger partial charge is 0.356 e. The van der Waals surface area contributed by atoms with Crippen molar-refractivity contribution in [2.75, 3.05) is 6.61 Å². The van der Waals surface area contributed by atoms with E-state index in [4.69, 9.17) is 20.0 Å². The summed E-state index contributed by atoms with van der Waals surface area (Å²) in [6, 6.07) is 47.9. The molecule has 0 spiro atoms. The SMILES string of the molecule is CCCc1nc(CS)c(C(=O)OCC)n1Cc1ccc(-c2ccccc2-c2nnnn2C(c2ccccc2)(c2ccccc2)c2ccccc2)cc1. The summed E-state index contributed by atoms with van der Waals surface area (Å²) in [6.07, 6.45) is 1.65. The summed E-state index contributed by atoms with van der Waals surface area (Å²) in [5.74, 6) is 1.47. The Morgan fingerprint density at radius 1 is 0.731 bits per heavy atom. The Morgan fingerprint density at radius 3 is 1.83 bits per heavy atom. The zero-order chi connectivity index (χ0) is 35.9. The number of carbonyl (C=O) groups is 1. The normalized spacial score (nSPS) is 11.4. The minimum absolute atomic E-state index is 0.291. The standard InChI is InChI=1S/C43H40N6O2S/c1-3-16-39-44-38(30-52)40(42(50)51-4-2)48(39)29-31-25-27-32(28-26-31)36-23-14-15-24-37(36)41-45-46-47-49(41)43(33-17-8-5-9-18-33,34-19-10-6-11-20-34)35-21-12-7-13-22-35/h5-15,17-28,52H,3-4,16,29-30H2,1-2H3. The van der Waals surface area contributed by atoms with Crippen molar-refractivity contribution in [2.45, 2.75) is 44.5 Å². The van der Waals surface area contributed by atoms with Gasteiger partial charge in [0.2, 0.25) is 0 Å². The van der Waals surface area contributed by atoms with Gasteiger partial charge in [0.1, 0.15) is 11.4 Å². The molecule has 0 unspecified atom stereocenters. The van der Waals surface area contributed by atoms with Gasteiger partial charge in [-0.05, 0) is 57.2 Å². The molecule has 260 valence electrons. The highest BCUT2D eigenvalue weighted by Gasteiger charge is 2.42. The summed E-state index contributed by atoms with van der Waals surface area (Å²) in [6.45, 7) is 4.69. The Kier molecular flexibility index (Phi) is 10.4. The zero-order valence-corrected chi connectivity index (χ0v) is 30.2. The van der Waals surface area contributed by atoms with Crippen LogP contribution in [0.4, 0.5) is 0 Å². The number of ether oxygens (including phenoxy) is 1. The molecule has 2 heterocycles. The predicted molar refractivity (Wildman–Crippen MR) is 207 cm³/mol. The van der Waals surface area contributed by atoms with E-state index in [-0.39, 0.29) is 5.97 Å². The second-order valence-electron chi connectivity index (χ2n) is 12.5. The van der Waals surface area contributed by atoms with Crippen LogP contribution in [-0.4, -0.2) is 42.3 Å². The van der Waals surface area contributed by atoms with Crippen LogP contribution < -0.4 is 0 Å². The van der Waals surface area contributed by atoms with Gasteiger partial charge >= 0.3 is 5.97 Å². The molecular weight excluding hydrogens is 665 g/mol. The lowest BCUT2D eigenvalue weighted by Gasteiger charge is -2.36. The van der Waals surface area contributed by atoms with E-state index in [9.17, 15) is 4.79 Å². The molecule has 7 rings (SSSR count). The highest BCUT2D eigenvalue weighted by Crippen LogP contribution is 2.43. The largest absolute Gasteiger partial charge is 0.461 e. The van der Waals surface area contributed by atoms with Crippen molar-refractivity contribution in [3.8, 4) is 22.5 Å². The number of aryl methyl sites for hydroxylation is 1. The third kappa shape index (κ3) is 6.44. The molecular formula is C43H40N6O2S. The molecule has 0 N–H and O–H groups in total. The van der Waals surface area contributed by atoms with Crippen molar-refractivity contribution in [1.29, 1.82) is 0 Å². The number of aromatic nitrogens is 6. The van der Waals surface area contributed by atoms with E-state index in [2.05, 4.69) is 134 Å². The van der Waals surface area contributed by atoms with Crippen LogP contribution in [0.15, 0.2) is 140 Å². The van der Waals surface area contributed by atoms with Crippen molar-refractivity contribution in [2.24, 2.45) is 0 Å². The van der Waals surface area contributed by atoms with Gasteiger partial charge in [-0.2, -0.15) is 12.6 Å². The van der Waals surface area contributed by atoms with Gasteiger partial charge < -0.3 is 9.30 Å². The van der Waals surface area contributed by atoms with Gasteiger partial charge in [-0.3, -0.25) is 0 Å². The van der Waals surface area contributed by atoms with E-state index in [1.807, 2.05) is 46.5 Å². The molecule has 0 atom stereocenters. The molecule has 0 aliphatic rings. The highest BCUT2D eigenvalue weighted by molar-refractivity contribution is 7.79. The van der Waals surface area contributed by atoms with Crippen molar-refractivity contribution in [3.63, 3.8) is 0 Å². The molecule has 8 nitrogen and oxygen atoms in total. The van der Waals surface area contributed by atoms with Gasteiger partial charge in [0.15, 0.2) is 11.5 Å². The van der Waals surface area contributed by atoms with Crippen LogP contribution in [-0.2, 0) is 29.0 Å². The number of carbonyl (C=O) groups excluding carboxylic acids is 1. The Labute approximate surface area is 309 Å². The van der Waals surface area contributed by atoms with Gasteiger partial charge in [-0.25, -0.2) is 14.5 Å². The molecule has 0 aliphatic heterocycles. The summed E-state index contributed by atoms with van der Waals surface area (Å²) in [4.78, 5) is 17.9. The van der Waals surface area contributed by atoms with Crippen LogP contribution in [0, 0.1) is 0 Å². The monoisotopic (exact) mass is 704 g/mol. The zero-order valence-electron chi connectivity index (χ0n) is 29.3. The lowest BCUT2D eigenvalue weighted by molar-refractivity contribution is 0.0513. The summed E-state index contributed by atoms with van der Waals surface area (Å²) in [5, 5.41) is 13.8. The lowest BCUT2D eigenvalue weighted by atomic mass is 9.77. The number of hydrogen-bond donors (Lipinski definition) is 1. The fraction of sp³-hybridized carbons (Fsp3) is 0.186. The molecule has 0 fully saturated rings. The van der Waals surface area contributed by atoms with Crippen molar-refractivity contribution in [1.82, 2.24) is 29.8 Å². The number of tetrazole rings is 1. The number of imidazole rings is 1. The first-order valence-corrected chi connectivity index (χ1v) is 18.2. The molecule has 0 saturated heterocycles. The van der Waals surface area contributed by atoms with Crippen molar-refractivity contribution in [3.05, 3.63) is 179 Å². The summed E-state index contributed by atoms with van der Waals surface area (Å²) in [7, 11) is 0. The van der Waals surface area contributed by atoms with Crippen molar-refractivity contribution < 1.29 is 9.53 Å². The first-order valence-electron chi connectivity index (χ1n) is 17.6. The molecule has 9 heteroatoms. The fourth-order valence-corrected chi connectivity index (χ4v) is 7.28. The quantitative estimate of drug-likeness (QED) is 0.0735. The number of hydrogen-bond acceptors (Lipinski definition) is 7. The van der Waals surface area contributed by atoms with Gasteiger partial charge in [0, 0.05) is 24.3 Å². The van der Waals surface area contributed by atoms with E-state index in [0.717, 1.165) is 57.6 Å². The van der Waals surface area contributed by atoms with Crippen LogP contribution in [0.2, 0.25) is 0 Å². The number of thiol groups is 1. The van der Waals surface area contributed by atoms with Crippen LogP contribution in [0.1, 0.15) is 64.5 Å². The lowest BCUT2D eigenvalue weighted by Crippen LogP contribution is -2.39. The topological polar surface area (TPSA) is 87.7 Å². The van der Waals surface area contributed by atoms with E-state index < -0.39 is 5.54 Å². The molecule has 52 heavy (non-hydrogen) atoms. The number of benzene rings is 5. The molecule has 0 radical (unpaired) electrons. The number of nitrogens with zero attached hydrogens (tertiary/aromatic N) is 6. The molecule has 5 aromatic carbocycles. The minimum Gasteiger partial charge on any atom is -0.461 e. The first kappa shape index (κ1) is 34.6.